The predicted molar refractivity (Wildman–Crippen MR) is 100 cm³/mol. The van der Waals surface area contributed by atoms with Gasteiger partial charge in [-0.2, -0.15) is 0 Å². The first-order valence-electron chi connectivity index (χ1n) is 8.78. The van der Waals surface area contributed by atoms with Gasteiger partial charge in [0.1, 0.15) is 23.2 Å². The summed E-state index contributed by atoms with van der Waals surface area (Å²) in [6, 6.07) is 12.5. The Kier molecular flexibility index (Phi) is 5.83. The summed E-state index contributed by atoms with van der Waals surface area (Å²) in [5.74, 6) is -0.290. The molecule has 0 bridgehead atoms. The van der Waals surface area contributed by atoms with Crippen LogP contribution in [0.5, 0.6) is 11.5 Å². The molecule has 0 amide bonds. The van der Waals surface area contributed by atoms with Crippen molar-refractivity contribution in [2.75, 3.05) is 19.6 Å². The van der Waals surface area contributed by atoms with E-state index in [1.54, 1.807) is 24.3 Å². The van der Waals surface area contributed by atoms with Crippen molar-refractivity contribution in [3.8, 4) is 11.5 Å². The molecule has 1 fully saturated rings. The van der Waals surface area contributed by atoms with E-state index in [2.05, 4.69) is 4.90 Å². The number of hydrogen-bond donors (Lipinski definition) is 2. The Balaban J connectivity index is 1.50. The third kappa shape index (κ3) is 4.58. The molecule has 1 aliphatic heterocycles. The van der Waals surface area contributed by atoms with E-state index in [1.165, 1.54) is 5.56 Å². The van der Waals surface area contributed by atoms with Crippen molar-refractivity contribution >= 4 is 13.8 Å². The summed E-state index contributed by atoms with van der Waals surface area (Å²) in [5, 5.41) is 18.7. The van der Waals surface area contributed by atoms with Crippen LogP contribution in [0.1, 0.15) is 21.5 Å². The minimum Gasteiger partial charge on any atom is -0.508 e. The first kappa shape index (κ1) is 18.3. The highest BCUT2D eigenvalue weighted by atomic mass is 16.5. The minimum absolute atomic E-state index is 0.00766. The molecule has 0 spiro atoms. The van der Waals surface area contributed by atoms with Crippen LogP contribution in [0.3, 0.4) is 0 Å². The van der Waals surface area contributed by atoms with Gasteiger partial charge < -0.3 is 14.9 Å². The fourth-order valence-electron chi connectivity index (χ4n) is 3.08. The van der Waals surface area contributed by atoms with Gasteiger partial charge in [0.15, 0.2) is 0 Å². The number of aromatic carboxylic acids is 1. The average molecular weight is 351 g/mol. The molecule has 1 saturated heterocycles. The Morgan fingerprint density at radius 2 is 1.81 bits per heavy atom. The number of carbonyl (C=O) groups is 1. The highest BCUT2D eigenvalue weighted by Gasteiger charge is 2.29. The molecule has 1 heterocycles. The van der Waals surface area contributed by atoms with Gasteiger partial charge in [-0.05, 0) is 48.2 Å². The first-order valence-corrected chi connectivity index (χ1v) is 8.78. The summed E-state index contributed by atoms with van der Waals surface area (Å²) in [7, 11) is 5.53. The largest absolute Gasteiger partial charge is 0.508 e. The molecule has 134 valence electrons. The Bertz CT molecular complexity index is 757. The van der Waals surface area contributed by atoms with Crippen LogP contribution in [0.15, 0.2) is 42.5 Å². The van der Waals surface area contributed by atoms with E-state index in [0.29, 0.717) is 18.5 Å². The van der Waals surface area contributed by atoms with Crippen molar-refractivity contribution in [1.29, 1.82) is 0 Å². The van der Waals surface area contributed by atoms with Gasteiger partial charge in [0.2, 0.25) is 0 Å². The smallest absolute Gasteiger partial charge is 0.339 e. The molecule has 0 saturated carbocycles. The zero-order valence-corrected chi connectivity index (χ0v) is 14.6. The molecule has 6 heteroatoms. The maximum atomic E-state index is 11.5. The van der Waals surface area contributed by atoms with E-state index in [1.807, 2.05) is 18.2 Å². The number of carboxylic acids is 1. The van der Waals surface area contributed by atoms with Gasteiger partial charge >= 0.3 is 5.97 Å². The van der Waals surface area contributed by atoms with Crippen molar-refractivity contribution in [1.82, 2.24) is 4.90 Å². The molecule has 2 N–H and O–H groups in total. The summed E-state index contributed by atoms with van der Waals surface area (Å²) < 4.78 is 5.89. The highest BCUT2D eigenvalue weighted by Crippen LogP contribution is 2.25. The number of aromatic hydroxyl groups is 1. The molecule has 2 radical (unpaired) electrons. The Morgan fingerprint density at radius 1 is 1.12 bits per heavy atom. The van der Waals surface area contributed by atoms with Crippen LogP contribution in [-0.2, 0) is 12.8 Å². The molecule has 2 aromatic rings. The SMILES string of the molecule is [B]CCc1ccc(OC2CN(CCc3ccc(O)cc3)C2)c(C(=O)O)c1. The quantitative estimate of drug-likeness (QED) is 0.716. The lowest BCUT2D eigenvalue weighted by Crippen LogP contribution is -2.54. The zero-order chi connectivity index (χ0) is 18.5. The average Bonchev–Trinajstić information content (AvgIpc) is 2.59. The van der Waals surface area contributed by atoms with Gasteiger partial charge in [0, 0.05) is 19.6 Å². The maximum absolute atomic E-state index is 11.5. The van der Waals surface area contributed by atoms with Gasteiger partial charge in [-0.3, -0.25) is 4.90 Å². The van der Waals surface area contributed by atoms with Crippen molar-refractivity contribution in [2.24, 2.45) is 0 Å². The number of benzene rings is 2. The lowest BCUT2D eigenvalue weighted by molar-refractivity contribution is 0.0198. The van der Waals surface area contributed by atoms with Gasteiger partial charge in [0.05, 0.1) is 7.85 Å². The Morgan fingerprint density at radius 3 is 2.46 bits per heavy atom. The Hall–Kier alpha value is -2.47. The van der Waals surface area contributed by atoms with E-state index in [4.69, 9.17) is 12.6 Å². The summed E-state index contributed by atoms with van der Waals surface area (Å²) in [6.07, 6.45) is 2.04. The lowest BCUT2D eigenvalue weighted by atomic mass is 9.96. The molecule has 0 aliphatic carbocycles. The van der Waals surface area contributed by atoms with E-state index >= 15 is 0 Å². The van der Waals surface area contributed by atoms with Crippen LogP contribution < -0.4 is 4.74 Å². The summed E-state index contributed by atoms with van der Waals surface area (Å²) >= 11 is 0. The second-order valence-electron chi connectivity index (χ2n) is 6.59. The van der Waals surface area contributed by atoms with Gasteiger partial charge in [-0.25, -0.2) is 4.79 Å². The number of hydrogen-bond acceptors (Lipinski definition) is 4. The normalized spacial score (nSPS) is 14.8. The third-order valence-corrected chi connectivity index (χ3v) is 4.58. The topological polar surface area (TPSA) is 70.0 Å². The Labute approximate surface area is 154 Å². The van der Waals surface area contributed by atoms with Crippen LogP contribution >= 0.6 is 0 Å². The van der Waals surface area contributed by atoms with Crippen LogP contribution in [0, 0.1) is 0 Å². The minimum atomic E-state index is -0.984. The van der Waals surface area contributed by atoms with Crippen LogP contribution in [-0.4, -0.2) is 54.7 Å². The summed E-state index contributed by atoms with van der Waals surface area (Å²) in [6.45, 7) is 2.47. The summed E-state index contributed by atoms with van der Waals surface area (Å²) in [4.78, 5) is 13.7. The van der Waals surface area contributed by atoms with Crippen molar-refractivity contribution in [3.05, 3.63) is 59.2 Å². The van der Waals surface area contributed by atoms with Crippen LogP contribution in [0.4, 0.5) is 0 Å². The van der Waals surface area contributed by atoms with Gasteiger partial charge in [-0.1, -0.05) is 24.5 Å². The highest BCUT2D eigenvalue weighted by molar-refractivity contribution is 6.08. The van der Waals surface area contributed by atoms with Crippen molar-refractivity contribution in [2.45, 2.75) is 25.3 Å². The molecular formula is C20H22BNO4. The molecule has 3 rings (SSSR count). The molecule has 26 heavy (non-hydrogen) atoms. The lowest BCUT2D eigenvalue weighted by Gasteiger charge is -2.39. The number of phenols is 1. The maximum Gasteiger partial charge on any atom is 0.339 e. The second-order valence-corrected chi connectivity index (χ2v) is 6.59. The third-order valence-electron chi connectivity index (χ3n) is 4.58. The standard InChI is InChI=1S/C20H22BNO4/c21-9-7-15-3-6-19(18(11-15)20(24)25)26-17-12-22(13-17)10-8-14-1-4-16(23)5-2-14/h1-6,11,17,23H,7-10,12-13H2,(H,24,25). The molecule has 0 atom stereocenters. The van der Waals surface area contributed by atoms with Gasteiger partial charge in [-0.15, -0.1) is 0 Å². The number of aryl methyl sites for hydroxylation is 1. The molecule has 0 unspecified atom stereocenters. The van der Waals surface area contributed by atoms with E-state index < -0.39 is 5.97 Å². The number of likely N-dealkylation sites (tertiary alicyclic amines) is 1. The number of carboxylic acid groups (broad SMARTS) is 1. The molecular weight excluding hydrogens is 329 g/mol. The molecule has 0 aromatic heterocycles. The molecule has 1 aliphatic rings. The second kappa shape index (κ2) is 8.28. The van der Waals surface area contributed by atoms with Crippen molar-refractivity contribution in [3.63, 3.8) is 0 Å². The fourth-order valence-corrected chi connectivity index (χ4v) is 3.08. The van der Waals surface area contributed by atoms with Crippen molar-refractivity contribution < 1.29 is 19.7 Å². The van der Waals surface area contributed by atoms with E-state index in [0.717, 1.165) is 31.6 Å². The van der Waals surface area contributed by atoms with Crippen LogP contribution in [0.2, 0.25) is 6.32 Å². The molecule has 2 aromatic carbocycles. The van der Waals surface area contributed by atoms with E-state index in [-0.39, 0.29) is 17.4 Å². The monoisotopic (exact) mass is 351 g/mol. The fraction of sp³-hybridized carbons (Fsp3) is 0.350. The number of phenolic OH excluding ortho intramolecular Hbond substituents is 1. The number of nitrogens with zero attached hydrogens (tertiary/aromatic N) is 1. The summed E-state index contributed by atoms with van der Waals surface area (Å²) in [5.41, 5.74) is 2.27. The predicted octanol–water partition coefficient (Wildman–Crippen LogP) is 2.53. The first-order chi connectivity index (χ1) is 12.5. The zero-order valence-electron chi connectivity index (χ0n) is 14.6. The molecule has 5 nitrogen and oxygen atoms in total. The van der Waals surface area contributed by atoms with Crippen LogP contribution in [0.25, 0.3) is 0 Å². The number of ether oxygens (including phenoxy) is 1. The van der Waals surface area contributed by atoms with Gasteiger partial charge in [0.25, 0.3) is 0 Å². The van der Waals surface area contributed by atoms with E-state index in [9.17, 15) is 15.0 Å². The number of rotatable bonds is 8.